The van der Waals surface area contributed by atoms with Gasteiger partial charge in [-0.25, -0.2) is 9.97 Å². The number of fused-ring (bicyclic) bond motifs is 1. The first kappa shape index (κ1) is 13.3. The Morgan fingerprint density at radius 2 is 2.18 bits per heavy atom. The number of hydrogen-bond acceptors (Lipinski definition) is 4. The Balaban J connectivity index is 1.69. The fraction of sp³-hybridized carbons (Fsp3) is 0.471. The summed E-state index contributed by atoms with van der Waals surface area (Å²) in [4.78, 5) is 15.1. The molecule has 1 atom stereocenters. The third-order valence-electron chi connectivity index (χ3n) is 4.72. The number of imidazole rings is 1. The molecule has 0 saturated carbocycles. The molecule has 0 radical (unpaired) electrons. The monoisotopic (exact) mass is 293 g/mol. The molecule has 2 aliphatic rings. The maximum atomic E-state index is 9.33. The largest absolute Gasteiger partial charge is 0.345 e. The van der Waals surface area contributed by atoms with E-state index < -0.39 is 0 Å². The molecule has 22 heavy (non-hydrogen) atoms. The van der Waals surface area contributed by atoms with Crippen molar-refractivity contribution in [1.82, 2.24) is 15.0 Å². The van der Waals surface area contributed by atoms with Crippen LogP contribution in [0.15, 0.2) is 18.3 Å². The quantitative estimate of drug-likeness (QED) is 0.924. The Morgan fingerprint density at radius 3 is 3.05 bits per heavy atom. The van der Waals surface area contributed by atoms with Crippen molar-refractivity contribution < 1.29 is 0 Å². The summed E-state index contributed by atoms with van der Waals surface area (Å²) in [6.07, 6.45) is 8.63. The number of aromatic amines is 1. The van der Waals surface area contributed by atoms with Gasteiger partial charge in [0.25, 0.3) is 0 Å². The van der Waals surface area contributed by atoms with Gasteiger partial charge in [-0.05, 0) is 50.7 Å². The van der Waals surface area contributed by atoms with E-state index in [1.807, 2.05) is 12.1 Å². The molecule has 2 aromatic heterocycles. The second-order valence-electron chi connectivity index (χ2n) is 6.09. The first-order chi connectivity index (χ1) is 10.9. The minimum Gasteiger partial charge on any atom is -0.345 e. The highest BCUT2D eigenvalue weighted by atomic mass is 15.3. The van der Waals surface area contributed by atoms with Gasteiger partial charge < -0.3 is 9.88 Å². The summed E-state index contributed by atoms with van der Waals surface area (Å²) in [7, 11) is 0. The number of hydrogen-bond donors (Lipinski definition) is 1. The lowest BCUT2D eigenvalue weighted by Crippen LogP contribution is -2.25. The lowest BCUT2D eigenvalue weighted by molar-refractivity contribution is 0.667. The Kier molecular flexibility index (Phi) is 3.30. The SMILES string of the molecule is N#Cc1cccnc1N1CCC[C@H]1c1nc2c([nH]1)CCCC2. The molecule has 4 rings (SSSR count). The molecule has 1 saturated heterocycles. The van der Waals surface area contributed by atoms with Crippen LogP contribution in [0.3, 0.4) is 0 Å². The van der Waals surface area contributed by atoms with Crippen LogP contribution in [0.5, 0.6) is 0 Å². The molecule has 1 aliphatic heterocycles. The van der Waals surface area contributed by atoms with E-state index in [4.69, 9.17) is 4.98 Å². The predicted molar refractivity (Wildman–Crippen MR) is 83.5 cm³/mol. The van der Waals surface area contributed by atoms with E-state index in [0.29, 0.717) is 5.56 Å². The van der Waals surface area contributed by atoms with Crippen molar-refractivity contribution in [2.75, 3.05) is 11.4 Å². The average molecular weight is 293 g/mol. The van der Waals surface area contributed by atoms with Crippen LogP contribution in [0, 0.1) is 11.3 Å². The number of nitrogens with zero attached hydrogens (tertiary/aromatic N) is 4. The van der Waals surface area contributed by atoms with E-state index in [2.05, 4.69) is 20.9 Å². The molecule has 1 N–H and O–H groups in total. The van der Waals surface area contributed by atoms with Crippen molar-refractivity contribution in [2.45, 2.75) is 44.6 Å². The molecule has 112 valence electrons. The molecule has 0 spiro atoms. The molecular weight excluding hydrogens is 274 g/mol. The number of H-pyrrole nitrogens is 1. The van der Waals surface area contributed by atoms with Crippen molar-refractivity contribution in [1.29, 1.82) is 5.26 Å². The molecule has 5 heteroatoms. The number of pyridine rings is 1. The predicted octanol–water partition coefficient (Wildman–Crippen LogP) is 2.90. The number of aryl methyl sites for hydroxylation is 2. The van der Waals surface area contributed by atoms with Crippen molar-refractivity contribution in [3.8, 4) is 6.07 Å². The van der Waals surface area contributed by atoms with Crippen LogP contribution in [-0.4, -0.2) is 21.5 Å². The lowest BCUT2D eigenvalue weighted by atomic mass is 10.0. The minimum absolute atomic E-state index is 0.215. The van der Waals surface area contributed by atoms with Crippen molar-refractivity contribution in [2.24, 2.45) is 0 Å². The van der Waals surface area contributed by atoms with Gasteiger partial charge in [0.15, 0.2) is 0 Å². The second kappa shape index (κ2) is 5.45. The van der Waals surface area contributed by atoms with Gasteiger partial charge in [0, 0.05) is 18.4 Å². The zero-order valence-corrected chi connectivity index (χ0v) is 12.5. The molecule has 0 amide bonds. The van der Waals surface area contributed by atoms with Crippen LogP contribution in [0.2, 0.25) is 0 Å². The van der Waals surface area contributed by atoms with Crippen LogP contribution in [-0.2, 0) is 12.8 Å². The summed E-state index contributed by atoms with van der Waals surface area (Å²) in [5, 5.41) is 9.33. The van der Waals surface area contributed by atoms with Gasteiger partial charge in [-0.3, -0.25) is 0 Å². The molecule has 0 bridgehead atoms. The Labute approximate surface area is 130 Å². The third kappa shape index (κ3) is 2.16. The molecule has 1 aliphatic carbocycles. The van der Waals surface area contributed by atoms with Crippen LogP contribution in [0.1, 0.15) is 54.5 Å². The Hall–Kier alpha value is -2.35. The molecule has 5 nitrogen and oxygen atoms in total. The van der Waals surface area contributed by atoms with Crippen molar-refractivity contribution in [3.05, 3.63) is 41.1 Å². The van der Waals surface area contributed by atoms with Crippen LogP contribution < -0.4 is 4.90 Å². The first-order valence-electron chi connectivity index (χ1n) is 8.06. The van der Waals surface area contributed by atoms with Gasteiger partial charge in [0.05, 0.1) is 17.3 Å². The van der Waals surface area contributed by atoms with E-state index in [-0.39, 0.29) is 6.04 Å². The highest BCUT2D eigenvalue weighted by Crippen LogP contribution is 2.36. The fourth-order valence-corrected chi connectivity index (χ4v) is 3.65. The number of aromatic nitrogens is 3. The van der Waals surface area contributed by atoms with Crippen LogP contribution >= 0.6 is 0 Å². The lowest BCUT2D eigenvalue weighted by Gasteiger charge is -2.24. The zero-order chi connectivity index (χ0) is 14.9. The van der Waals surface area contributed by atoms with Gasteiger partial charge in [-0.1, -0.05) is 0 Å². The maximum absolute atomic E-state index is 9.33. The van der Waals surface area contributed by atoms with E-state index in [1.54, 1.807) is 6.20 Å². The smallest absolute Gasteiger partial charge is 0.147 e. The summed E-state index contributed by atoms with van der Waals surface area (Å²) in [6.45, 7) is 0.932. The Morgan fingerprint density at radius 1 is 1.27 bits per heavy atom. The maximum Gasteiger partial charge on any atom is 0.147 e. The van der Waals surface area contributed by atoms with Crippen LogP contribution in [0.4, 0.5) is 5.82 Å². The van der Waals surface area contributed by atoms with E-state index in [1.165, 1.54) is 24.2 Å². The topological polar surface area (TPSA) is 68.6 Å². The standard InChI is InChI=1S/C17H19N5/c18-11-12-5-3-9-19-17(12)22-10-4-8-15(22)16-20-13-6-1-2-7-14(13)21-16/h3,5,9,15H,1-2,4,6-8,10H2,(H,20,21)/t15-/m0/s1. The summed E-state index contributed by atoms with van der Waals surface area (Å²) >= 11 is 0. The molecule has 0 unspecified atom stereocenters. The number of anilines is 1. The number of rotatable bonds is 2. The minimum atomic E-state index is 0.215. The van der Waals surface area contributed by atoms with E-state index >= 15 is 0 Å². The van der Waals surface area contributed by atoms with Gasteiger partial charge in [-0.2, -0.15) is 5.26 Å². The second-order valence-corrected chi connectivity index (χ2v) is 6.09. The van der Waals surface area contributed by atoms with Gasteiger partial charge in [0.2, 0.25) is 0 Å². The van der Waals surface area contributed by atoms with Crippen molar-refractivity contribution >= 4 is 5.82 Å². The molecule has 3 heterocycles. The van der Waals surface area contributed by atoms with Gasteiger partial charge >= 0.3 is 0 Å². The summed E-state index contributed by atoms with van der Waals surface area (Å²) in [6, 6.07) is 6.13. The van der Waals surface area contributed by atoms with Crippen LogP contribution in [0.25, 0.3) is 0 Å². The average Bonchev–Trinajstić information content (AvgIpc) is 3.20. The number of nitriles is 1. The molecule has 1 fully saturated rings. The van der Waals surface area contributed by atoms with Gasteiger partial charge in [0.1, 0.15) is 17.7 Å². The zero-order valence-electron chi connectivity index (χ0n) is 12.5. The highest BCUT2D eigenvalue weighted by Gasteiger charge is 2.31. The summed E-state index contributed by atoms with van der Waals surface area (Å²) in [5.74, 6) is 1.85. The summed E-state index contributed by atoms with van der Waals surface area (Å²) in [5.41, 5.74) is 3.20. The van der Waals surface area contributed by atoms with Gasteiger partial charge in [-0.15, -0.1) is 0 Å². The first-order valence-corrected chi connectivity index (χ1v) is 8.06. The third-order valence-corrected chi connectivity index (χ3v) is 4.72. The van der Waals surface area contributed by atoms with Crippen molar-refractivity contribution in [3.63, 3.8) is 0 Å². The van der Waals surface area contributed by atoms with E-state index in [0.717, 1.165) is 43.9 Å². The fourth-order valence-electron chi connectivity index (χ4n) is 3.65. The molecular formula is C17H19N5. The summed E-state index contributed by atoms with van der Waals surface area (Å²) < 4.78 is 0. The van der Waals surface area contributed by atoms with E-state index in [9.17, 15) is 5.26 Å². The number of nitrogens with one attached hydrogen (secondary N) is 1. The molecule has 2 aromatic rings. The Bertz CT molecular complexity index is 703. The normalized spacial score (nSPS) is 20.7. The molecule has 0 aromatic carbocycles. The highest BCUT2D eigenvalue weighted by molar-refractivity contribution is 5.55.